The number of aromatic nitrogens is 2. The first kappa shape index (κ1) is 23.3. The summed E-state index contributed by atoms with van der Waals surface area (Å²) in [5.41, 5.74) is 1.39. The van der Waals surface area contributed by atoms with Crippen LogP contribution < -0.4 is 0 Å². The first-order chi connectivity index (χ1) is 16.3. The fraction of sp³-hybridized carbons (Fsp3) is 0.577. The van der Waals surface area contributed by atoms with Crippen molar-refractivity contribution in [2.75, 3.05) is 26.2 Å². The van der Waals surface area contributed by atoms with E-state index in [1.165, 1.54) is 25.3 Å². The van der Waals surface area contributed by atoms with Crippen LogP contribution in [-0.4, -0.2) is 57.9 Å². The number of aryl methyl sites for hydroxylation is 1. The lowest BCUT2D eigenvalue weighted by molar-refractivity contribution is -0.137. The molecule has 34 heavy (non-hydrogen) atoms. The molecule has 0 bridgehead atoms. The second-order valence-corrected chi connectivity index (χ2v) is 9.87. The second kappa shape index (κ2) is 9.29. The van der Waals surface area contributed by atoms with E-state index >= 15 is 0 Å². The van der Waals surface area contributed by atoms with Crippen molar-refractivity contribution in [1.82, 2.24) is 19.8 Å². The summed E-state index contributed by atoms with van der Waals surface area (Å²) in [5, 5.41) is 0. The molecule has 2 saturated heterocycles. The van der Waals surface area contributed by atoms with Crippen LogP contribution in [0.15, 0.2) is 24.3 Å². The number of rotatable bonds is 4. The van der Waals surface area contributed by atoms with Crippen molar-refractivity contribution in [1.29, 1.82) is 0 Å². The first-order valence-electron chi connectivity index (χ1n) is 12.4. The number of hydrogen-bond acceptors (Lipinski definition) is 4. The van der Waals surface area contributed by atoms with E-state index in [1.807, 2.05) is 4.90 Å². The average molecular weight is 473 g/mol. The molecule has 0 radical (unpaired) electrons. The summed E-state index contributed by atoms with van der Waals surface area (Å²) < 4.78 is 39.6. The summed E-state index contributed by atoms with van der Waals surface area (Å²) >= 11 is 0. The predicted octanol–water partition coefficient (Wildman–Crippen LogP) is 5.44. The zero-order chi connectivity index (χ0) is 23.9. The normalized spacial score (nSPS) is 20.5. The van der Waals surface area contributed by atoms with E-state index in [-0.39, 0.29) is 17.6 Å². The maximum absolute atomic E-state index is 13.6. The van der Waals surface area contributed by atoms with Gasteiger partial charge in [-0.3, -0.25) is 4.79 Å². The highest BCUT2D eigenvalue weighted by atomic mass is 19.4. The van der Waals surface area contributed by atoms with Gasteiger partial charge in [-0.2, -0.15) is 13.2 Å². The van der Waals surface area contributed by atoms with Crippen LogP contribution in [0.3, 0.4) is 0 Å². The SMILES string of the molecule is Cc1nc(-c2cccc(C(F)(F)F)c2)nc(C2CC2)c1C(=O)N1CCC(N2CCCCC2)CC1. The van der Waals surface area contributed by atoms with Gasteiger partial charge < -0.3 is 9.80 Å². The molecule has 3 fully saturated rings. The molecule has 1 aliphatic carbocycles. The highest BCUT2D eigenvalue weighted by molar-refractivity contribution is 5.97. The van der Waals surface area contributed by atoms with Gasteiger partial charge in [-0.25, -0.2) is 9.97 Å². The summed E-state index contributed by atoms with van der Waals surface area (Å²) in [6, 6.07) is 5.64. The molecular formula is C26H31F3N4O. The van der Waals surface area contributed by atoms with E-state index in [0.717, 1.165) is 64.0 Å². The van der Waals surface area contributed by atoms with Gasteiger partial charge in [0.1, 0.15) is 0 Å². The Labute approximate surface area is 198 Å². The highest BCUT2D eigenvalue weighted by Gasteiger charge is 2.36. The molecule has 1 saturated carbocycles. The molecule has 0 spiro atoms. The zero-order valence-electron chi connectivity index (χ0n) is 19.6. The third-order valence-electron chi connectivity index (χ3n) is 7.40. The highest BCUT2D eigenvalue weighted by Crippen LogP contribution is 2.42. The lowest BCUT2D eigenvalue weighted by Crippen LogP contribution is -2.48. The number of hydrogen-bond donors (Lipinski definition) is 0. The molecule has 3 heterocycles. The van der Waals surface area contributed by atoms with E-state index in [1.54, 1.807) is 13.0 Å². The van der Waals surface area contributed by atoms with Crippen LogP contribution in [-0.2, 0) is 6.18 Å². The monoisotopic (exact) mass is 472 g/mol. The van der Waals surface area contributed by atoms with Crippen LogP contribution in [0, 0.1) is 6.92 Å². The zero-order valence-corrected chi connectivity index (χ0v) is 19.6. The van der Waals surface area contributed by atoms with Gasteiger partial charge in [-0.1, -0.05) is 18.6 Å². The van der Waals surface area contributed by atoms with Crippen LogP contribution in [0.25, 0.3) is 11.4 Å². The quantitative estimate of drug-likeness (QED) is 0.595. The minimum absolute atomic E-state index is 0.0351. The van der Waals surface area contributed by atoms with Crippen molar-refractivity contribution in [3.8, 4) is 11.4 Å². The maximum atomic E-state index is 13.6. The molecule has 1 aromatic heterocycles. The number of carbonyl (C=O) groups excluding carboxylic acids is 1. The van der Waals surface area contributed by atoms with Gasteiger partial charge in [0.15, 0.2) is 5.82 Å². The van der Waals surface area contributed by atoms with Crippen LogP contribution in [0.4, 0.5) is 13.2 Å². The molecule has 5 nitrogen and oxygen atoms in total. The van der Waals surface area contributed by atoms with Gasteiger partial charge in [0.05, 0.1) is 22.5 Å². The minimum atomic E-state index is -4.43. The van der Waals surface area contributed by atoms with Crippen LogP contribution in [0.2, 0.25) is 0 Å². The lowest BCUT2D eigenvalue weighted by atomic mass is 9.98. The molecule has 2 aliphatic heterocycles. The van der Waals surface area contributed by atoms with Gasteiger partial charge in [0.25, 0.3) is 5.91 Å². The fourth-order valence-corrected chi connectivity index (χ4v) is 5.35. The van der Waals surface area contributed by atoms with Crippen molar-refractivity contribution in [3.63, 3.8) is 0 Å². The van der Waals surface area contributed by atoms with Crippen LogP contribution in [0.1, 0.15) is 78.2 Å². The molecule has 3 aliphatic rings. The van der Waals surface area contributed by atoms with Crippen molar-refractivity contribution in [2.24, 2.45) is 0 Å². The number of piperidine rings is 2. The Kier molecular flexibility index (Phi) is 6.35. The van der Waals surface area contributed by atoms with E-state index in [0.29, 0.717) is 28.6 Å². The van der Waals surface area contributed by atoms with Crippen molar-refractivity contribution >= 4 is 5.91 Å². The van der Waals surface area contributed by atoms with E-state index in [4.69, 9.17) is 0 Å². The Hall–Kier alpha value is -2.48. The Morgan fingerprint density at radius 2 is 1.68 bits per heavy atom. The molecule has 182 valence electrons. The topological polar surface area (TPSA) is 49.3 Å². The Balaban J connectivity index is 1.38. The summed E-state index contributed by atoms with van der Waals surface area (Å²) in [7, 11) is 0. The molecule has 1 aromatic carbocycles. The molecular weight excluding hydrogens is 441 g/mol. The van der Waals surface area contributed by atoms with Gasteiger partial charge in [-0.15, -0.1) is 0 Å². The third kappa shape index (κ3) is 4.83. The summed E-state index contributed by atoms with van der Waals surface area (Å²) in [6.45, 7) is 5.54. The van der Waals surface area contributed by atoms with Gasteiger partial charge >= 0.3 is 6.18 Å². The number of amides is 1. The summed E-state index contributed by atoms with van der Waals surface area (Å²) in [6.07, 6.45) is 3.25. The largest absolute Gasteiger partial charge is 0.416 e. The third-order valence-corrected chi connectivity index (χ3v) is 7.40. The second-order valence-electron chi connectivity index (χ2n) is 9.87. The smallest absolute Gasteiger partial charge is 0.338 e. The van der Waals surface area contributed by atoms with E-state index in [9.17, 15) is 18.0 Å². The maximum Gasteiger partial charge on any atom is 0.416 e. The van der Waals surface area contributed by atoms with Crippen molar-refractivity contribution in [3.05, 3.63) is 46.8 Å². The van der Waals surface area contributed by atoms with Gasteiger partial charge in [0.2, 0.25) is 0 Å². The van der Waals surface area contributed by atoms with Crippen LogP contribution >= 0.6 is 0 Å². The summed E-state index contributed by atoms with van der Waals surface area (Å²) in [4.78, 5) is 27.2. The first-order valence-corrected chi connectivity index (χ1v) is 12.4. The van der Waals surface area contributed by atoms with E-state index < -0.39 is 11.7 Å². The van der Waals surface area contributed by atoms with Crippen molar-refractivity contribution in [2.45, 2.75) is 70.0 Å². The van der Waals surface area contributed by atoms with Gasteiger partial charge in [-0.05, 0) is 70.7 Å². The Morgan fingerprint density at radius 1 is 0.971 bits per heavy atom. The molecule has 5 rings (SSSR count). The number of benzene rings is 1. The molecule has 8 heteroatoms. The number of carbonyl (C=O) groups is 1. The summed E-state index contributed by atoms with van der Waals surface area (Å²) in [5.74, 6) is 0.397. The minimum Gasteiger partial charge on any atom is -0.338 e. The molecule has 2 aromatic rings. The fourth-order valence-electron chi connectivity index (χ4n) is 5.35. The average Bonchev–Trinajstić information content (AvgIpc) is 3.69. The molecule has 0 N–H and O–H groups in total. The van der Waals surface area contributed by atoms with Gasteiger partial charge in [0, 0.05) is 30.6 Å². The molecule has 1 amide bonds. The number of likely N-dealkylation sites (tertiary alicyclic amines) is 2. The number of alkyl halides is 3. The molecule has 0 unspecified atom stereocenters. The predicted molar refractivity (Wildman–Crippen MR) is 124 cm³/mol. The molecule has 0 atom stereocenters. The van der Waals surface area contributed by atoms with Crippen molar-refractivity contribution < 1.29 is 18.0 Å². The Morgan fingerprint density at radius 3 is 2.32 bits per heavy atom. The number of halogens is 3. The van der Waals surface area contributed by atoms with E-state index in [2.05, 4.69) is 14.9 Å². The Bertz CT molecular complexity index is 1050. The lowest BCUT2D eigenvalue weighted by Gasteiger charge is -2.40. The van der Waals surface area contributed by atoms with Crippen LogP contribution in [0.5, 0.6) is 0 Å². The number of nitrogens with zero attached hydrogens (tertiary/aromatic N) is 4. The standard InChI is InChI=1S/C26H31F3N4O/c1-17-22(25(34)33-14-10-21(11-15-33)32-12-3-2-4-13-32)23(18-8-9-18)31-24(30-17)19-6-5-7-20(16-19)26(27,28)29/h5-7,16,18,21H,2-4,8-15H2,1H3.